The maximum Gasteiger partial charge on any atom is 0.308 e. The highest BCUT2D eigenvalue weighted by molar-refractivity contribution is 5.70. The van der Waals surface area contributed by atoms with Gasteiger partial charge in [-0.1, -0.05) is 20.8 Å². The molecule has 0 amide bonds. The van der Waals surface area contributed by atoms with Crippen LogP contribution in [0.4, 0.5) is 5.95 Å². The number of carbonyl (C=O) groups is 1. The number of aliphatic carboxylic acids is 1. The van der Waals surface area contributed by atoms with Gasteiger partial charge in [-0.25, -0.2) is 4.98 Å². The fourth-order valence-electron chi connectivity index (χ4n) is 1.66. The Hall–Kier alpha value is -1.72. The van der Waals surface area contributed by atoms with Crippen molar-refractivity contribution in [3.05, 3.63) is 11.4 Å². The molecule has 1 rings (SSSR count). The molecular weight excluding hydrogens is 232 g/mol. The average Bonchev–Trinajstić information content (AvgIpc) is 2.37. The van der Waals surface area contributed by atoms with E-state index in [1.165, 1.54) is 0 Å². The van der Waals surface area contributed by atoms with Crippen LogP contribution in [0.1, 0.15) is 32.2 Å². The van der Waals surface area contributed by atoms with Gasteiger partial charge in [0.25, 0.3) is 0 Å². The van der Waals surface area contributed by atoms with E-state index in [0.717, 1.165) is 24.2 Å². The zero-order valence-electron chi connectivity index (χ0n) is 11.3. The van der Waals surface area contributed by atoms with Gasteiger partial charge >= 0.3 is 5.97 Å². The number of nitrogens with zero attached hydrogens (tertiary/aromatic N) is 4. The van der Waals surface area contributed by atoms with Crippen molar-refractivity contribution in [2.75, 3.05) is 18.5 Å². The molecule has 0 spiro atoms. The Kier molecular flexibility index (Phi) is 5.00. The summed E-state index contributed by atoms with van der Waals surface area (Å²) in [7, 11) is 1.78. The van der Waals surface area contributed by atoms with Crippen molar-refractivity contribution < 1.29 is 9.90 Å². The standard InChI is InChI=1S/C12H20N4O2/c1-5-9-10(6-2)14-15-12(13-9)16(4)7-8(3)11(17)18/h8H,5-7H2,1-4H3,(H,17,18). The fourth-order valence-corrected chi connectivity index (χ4v) is 1.66. The third-order valence-electron chi connectivity index (χ3n) is 2.81. The molecule has 0 aliphatic carbocycles. The van der Waals surface area contributed by atoms with Gasteiger partial charge in [0.05, 0.1) is 17.3 Å². The minimum absolute atomic E-state index is 0.367. The quantitative estimate of drug-likeness (QED) is 0.818. The van der Waals surface area contributed by atoms with Gasteiger partial charge in [-0.15, -0.1) is 5.10 Å². The highest BCUT2D eigenvalue weighted by atomic mass is 16.4. The molecule has 0 fully saturated rings. The topological polar surface area (TPSA) is 79.2 Å². The van der Waals surface area contributed by atoms with Gasteiger partial charge in [-0.2, -0.15) is 5.10 Å². The average molecular weight is 252 g/mol. The number of anilines is 1. The van der Waals surface area contributed by atoms with E-state index in [2.05, 4.69) is 15.2 Å². The maximum atomic E-state index is 10.8. The number of rotatable bonds is 6. The van der Waals surface area contributed by atoms with E-state index in [4.69, 9.17) is 5.11 Å². The summed E-state index contributed by atoms with van der Waals surface area (Å²) in [5.41, 5.74) is 1.83. The number of carboxylic acids is 1. The largest absolute Gasteiger partial charge is 0.481 e. The molecular formula is C12H20N4O2. The SMILES string of the molecule is CCc1nnc(N(C)CC(C)C(=O)O)nc1CC. The molecule has 100 valence electrons. The Morgan fingerprint density at radius 1 is 1.28 bits per heavy atom. The van der Waals surface area contributed by atoms with Crippen LogP contribution in [0.15, 0.2) is 0 Å². The first-order valence-corrected chi connectivity index (χ1v) is 6.15. The van der Waals surface area contributed by atoms with Crippen LogP contribution in [-0.4, -0.2) is 39.8 Å². The zero-order valence-corrected chi connectivity index (χ0v) is 11.3. The minimum Gasteiger partial charge on any atom is -0.481 e. The monoisotopic (exact) mass is 252 g/mol. The third kappa shape index (κ3) is 3.38. The predicted octanol–water partition coefficient (Wildman–Crippen LogP) is 1.15. The molecule has 0 aliphatic heterocycles. The Bertz CT molecular complexity index is 423. The van der Waals surface area contributed by atoms with Crippen LogP contribution in [0.3, 0.4) is 0 Å². The molecule has 6 heteroatoms. The van der Waals surface area contributed by atoms with Crippen molar-refractivity contribution in [1.29, 1.82) is 0 Å². The Morgan fingerprint density at radius 2 is 1.89 bits per heavy atom. The molecule has 0 aliphatic rings. The normalized spacial score (nSPS) is 12.2. The number of aromatic nitrogens is 3. The molecule has 0 saturated carbocycles. The van der Waals surface area contributed by atoms with Crippen LogP contribution < -0.4 is 4.90 Å². The number of carboxylic acid groups (broad SMARTS) is 1. The van der Waals surface area contributed by atoms with Crippen molar-refractivity contribution in [2.24, 2.45) is 5.92 Å². The molecule has 0 aromatic carbocycles. The number of hydrogen-bond acceptors (Lipinski definition) is 5. The van der Waals surface area contributed by atoms with Gasteiger partial charge in [-0.05, 0) is 12.8 Å². The second kappa shape index (κ2) is 6.28. The molecule has 0 saturated heterocycles. The number of hydrogen-bond donors (Lipinski definition) is 1. The summed E-state index contributed by atoms with van der Waals surface area (Å²) in [6.07, 6.45) is 1.60. The molecule has 18 heavy (non-hydrogen) atoms. The molecule has 1 atom stereocenters. The van der Waals surface area contributed by atoms with Crippen molar-refractivity contribution in [3.63, 3.8) is 0 Å². The van der Waals surface area contributed by atoms with Crippen LogP contribution >= 0.6 is 0 Å². The second-order valence-electron chi connectivity index (χ2n) is 4.33. The van der Waals surface area contributed by atoms with E-state index in [-0.39, 0.29) is 0 Å². The zero-order chi connectivity index (χ0) is 13.7. The third-order valence-corrected chi connectivity index (χ3v) is 2.81. The summed E-state index contributed by atoms with van der Waals surface area (Å²) < 4.78 is 0. The first-order chi connectivity index (χ1) is 8.49. The Balaban J connectivity index is 2.86. The summed E-state index contributed by atoms with van der Waals surface area (Å²) in [5, 5.41) is 17.1. The van der Waals surface area contributed by atoms with Crippen molar-refractivity contribution in [1.82, 2.24) is 15.2 Å². The molecule has 1 aromatic rings. The summed E-state index contributed by atoms with van der Waals surface area (Å²) >= 11 is 0. The highest BCUT2D eigenvalue weighted by Crippen LogP contribution is 2.11. The molecule has 0 radical (unpaired) electrons. The summed E-state index contributed by atoms with van der Waals surface area (Å²) in [6.45, 7) is 6.06. The maximum absolute atomic E-state index is 10.8. The lowest BCUT2D eigenvalue weighted by Gasteiger charge is -2.19. The van der Waals surface area contributed by atoms with Crippen LogP contribution in [-0.2, 0) is 17.6 Å². The second-order valence-corrected chi connectivity index (χ2v) is 4.33. The van der Waals surface area contributed by atoms with E-state index < -0.39 is 11.9 Å². The molecule has 1 heterocycles. The van der Waals surface area contributed by atoms with E-state index in [0.29, 0.717) is 12.5 Å². The number of aryl methyl sites for hydroxylation is 2. The molecule has 1 N–H and O–H groups in total. The summed E-state index contributed by atoms with van der Waals surface area (Å²) in [6, 6.07) is 0. The smallest absolute Gasteiger partial charge is 0.308 e. The van der Waals surface area contributed by atoms with Gasteiger partial charge in [-0.3, -0.25) is 4.79 Å². The Morgan fingerprint density at radius 3 is 2.39 bits per heavy atom. The van der Waals surface area contributed by atoms with Gasteiger partial charge in [0.1, 0.15) is 0 Å². The first kappa shape index (κ1) is 14.3. The van der Waals surface area contributed by atoms with Crippen molar-refractivity contribution in [3.8, 4) is 0 Å². The van der Waals surface area contributed by atoms with Crippen LogP contribution in [0.5, 0.6) is 0 Å². The van der Waals surface area contributed by atoms with Crippen molar-refractivity contribution in [2.45, 2.75) is 33.6 Å². The van der Waals surface area contributed by atoms with Gasteiger partial charge < -0.3 is 10.0 Å². The lowest BCUT2D eigenvalue weighted by molar-refractivity contribution is -0.140. The minimum atomic E-state index is -0.823. The first-order valence-electron chi connectivity index (χ1n) is 6.15. The molecule has 1 aromatic heterocycles. The molecule has 6 nitrogen and oxygen atoms in total. The predicted molar refractivity (Wildman–Crippen MR) is 68.7 cm³/mol. The van der Waals surface area contributed by atoms with Crippen LogP contribution in [0.25, 0.3) is 0 Å². The van der Waals surface area contributed by atoms with E-state index in [1.807, 2.05) is 13.8 Å². The Labute approximate surface area is 107 Å². The van der Waals surface area contributed by atoms with Crippen LogP contribution in [0, 0.1) is 5.92 Å². The van der Waals surface area contributed by atoms with Gasteiger partial charge in [0.15, 0.2) is 0 Å². The van der Waals surface area contributed by atoms with Crippen LogP contribution in [0.2, 0.25) is 0 Å². The van der Waals surface area contributed by atoms with Gasteiger partial charge in [0, 0.05) is 13.6 Å². The summed E-state index contributed by atoms with van der Waals surface area (Å²) in [5.74, 6) is -0.803. The van der Waals surface area contributed by atoms with E-state index >= 15 is 0 Å². The lowest BCUT2D eigenvalue weighted by Crippen LogP contribution is -2.30. The van der Waals surface area contributed by atoms with Crippen molar-refractivity contribution >= 4 is 11.9 Å². The molecule has 0 bridgehead atoms. The van der Waals surface area contributed by atoms with E-state index in [1.54, 1.807) is 18.9 Å². The fraction of sp³-hybridized carbons (Fsp3) is 0.667. The highest BCUT2D eigenvalue weighted by Gasteiger charge is 2.16. The summed E-state index contributed by atoms with van der Waals surface area (Å²) in [4.78, 5) is 17.0. The molecule has 1 unspecified atom stereocenters. The van der Waals surface area contributed by atoms with E-state index in [9.17, 15) is 4.79 Å². The van der Waals surface area contributed by atoms with Gasteiger partial charge in [0.2, 0.25) is 5.95 Å². The lowest BCUT2D eigenvalue weighted by atomic mass is 10.2.